The summed E-state index contributed by atoms with van der Waals surface area (Å²) >= 11 is 0. The van der Waals surface area contributed by atoms with Gasteiger partial charge in [-0.2, -0.15) is 0 Å². The first-order valence-corrected chi connectivity index (χ1v) is 6.37. The fraction of sp³-hybridized carbons (Fsp3) is 0.333. The van der Waals surface area contributed by atoms with Crippen LogP contribution in [-0.4, -0.2) is 35.0 Å². The van der Waals surface area contributed by atoms with Crippen LogP contribution < -0.4 is 0 Å². The molecule has 1 saturated heterocycles. The van der Waals surface area contributed by atoms with Crippen molar-refractivity contribution in [3.63, 3.8) is 0 Å². The van der Waals surface area contributed by atoms with Crippen LogP contribution in [0.15, 0.2) is 30.3 Å². The topological polar surface area (TPSA) is 57.6 Å². The lowest BCUT2D eigenvalue weighted by molar-refractivity contribution is -0.147. The molecule has 1 unspecified atom stereocenters. The molecule has 20 heavy (non-hydrogen) atoms. The van der Waals surface area contributed by atoms with Crippen LogP contribution >= 0.6 is 0 Å². The van der Waals surface area contributed by atoms with Crippen LogP contribution in [-0.2, 0) is 9.59 Å². The molecule has 1 N–H and O–H groups in total. The Balaban J connectivity index is 2.04. The van der Waals surface area contributed by atoms with Gasteiger partial charge >= 0.3 is 5.97 Å². The zero-order valence-corrected chi connectivity index (χ0v) is 11.2. The van der Waals surface area contributed by atoms with E-state index in [1.165, 1.54) is 23.1 Å². The fourth-order valence-electron chi connectivity index (χ4n) is 2.20. The largest absolute Gasteiger partial charge is 0.481 e. The molecule has 1 aliphatic heterocycles. The van der Waals surface area contributed by atoms with Crippen molar-refractivity contribution in [3.8, 4) is 0 Å². The lowest BCUT2D eigenvalue weighted by Gasteiger charge is -2.18. The number of carbonyl (C=O) groups excluding carboxylic acids is 1. The predicted octanol–water partition coefficient (Wildman–Crippen LogP) is 2.16. The van der Waals surface area contributed by atoms with E-state index in [1.807, 2.05) is 0 Å². The molecule has 0 aliphatic carbocycles. The van der Waals surface area contributed by atoms with Gasteiger partial charge in [0.25, 0.3) is 0 Å². The Morgan fingerprint density at radius 1 is 1.40 bits per heavy atom. The summed E-state index contributed by atoms with van der Waals surface area (Å²) in [5.41, 5.74) is -0.553. The van der Waals surface area contributed by atoms with Crippen molar-refractivity contribution in [1.29, 1.82) is 0 Å². The first-order chi connectivity index (χ1) is 9.42. The van der Waals surface area contributed by atoms with Crippen LogP contribution in [0.25, 0.3) is 6.08 Å². The molecule has 0 radical (unpaired) electrons. The number of carboxylic acids is 1. The Bertz CT molecular complexity index is 570. The zero-order valence-electron chi connectivity index (χ0n) is 11.2. The Kier molecular flexibility index (Phi) is 3.88. The number of carboxylic acid groups (broad SMARTS) is 1. The third-order valence-corrected chi connectivity index (χ3v) is 3.61. The van der Waals surface area contributed by atoms with Gasteiger partial charge in [0.05, 0.1) is 5.41 Å². The van der Waals surface area contributed by atoms with Crippen LogP contribution in [0.3, 0.4) is 0 Å². The number of halogens is 1. The number of likely N-dealkylation sites (tertiary alicyclic amines) is 1. The summed E-state index contributed by atoms with van der Waals surface area (Å²) in [4.78, 5) is 24.6. The number of nitrogens with zero attached hydrogens (tertiary/aromatic N) is 1. The molecule has 1 aliphatic rings. The van der Waals surface area contributed by atoms with Crippen LogP contribution in [0, 0.1) is 11.2 Å². The number of amides is 1. The standard InChI is InChI=1S/C15H16FNO3/c1-15(14(19)20)8-9-17(10-15)13(18)7-6-11-4-2-3-5-12(11)16/h2-7H,8-10H2,1H3,(H,19,20). The molecule has 1 amide bonds. The van der Waals surface area contributed by atoms with E-state index in [0.29, 0.717) is 18.5 Å². The molecule has 106 valence electrons. The second-order valence-corrected chi connectivity index (χ2v) is 5.23. The third kappa shape index (κ3) is 2.87. The van der Waals surface area contributed by atoms with Crippen LogP contribution in [0.5, 0.6) is 0 Å². The van der Waals surface area contributed by atoms with Gasteiger partial charge in [-0.3, -0.25) is 9.59 Å². The van der Waals surface area contributed by atoms with Crippen molar-refractivity contribution >= 4 is 18.0 Å². The van der Waals surface area contributed by atoms with E-state index < -0.39 is 17.2 Å². The Hall–Kier alpha value is -2.17. The normalized spacial score (nSPS) is 22.4. The molecule has 1 heterocycles. The number of benzene rings is 1. The first-order valence-electron chi connectivity index (χ1n) is 6.37. The highest BCUT2D eigenvalue weighted by Crippen LogP contribution is 2.30. The van der Waals surface area contributed by atoms with Crippen LogP contribution in [0.1, 0.15) is 18.9 Å². The zero-order chi connectivity index (χ0) is 14.8. The van der Waals surface area contributed by atoms with Gasteiger partial charge in [0, 0.05) is 24.7 Å². The molecule has 0 spiro atoms. The molecule has 1 aromatic carbocycles. The van der Waals surface area contributed by atoms with Gasteiger partial charge in [-0.05, 0) is 25.5 Å². The van der Waals surface area contributed by atoms with Gasteiger partial charge in [-0.25, -0.2) is 4.39 Å². The number of hydrogen-bond acceptors (Lipinski definition) is 2. The highest BCUT2D eigenvalue weighted by molar-refractivity contribution is 5.92. The van der Waals surface area contributed by atoms with Gasteiger partial charge < -0.3 is 10.0 Å². The van der Waals surface area contributed by atoms with Gasteiger partial charge in [-0.15, -0.1) is 0 Å². The summed E-state index contributed by atoms with van der Waals surface area (Å²) in [6, 6.07) is 6.16. The summed E-state index contributed by atoms with van der Waals surface area (Å²) in [7, 11) is 0. The molecule has 1 fully saturated rings. The molecule has 0 bridgehead atoms. The summed E-state index contributed by atoms with van der Waals surface area (Å²) in [5.74, 6) is -1.59. The van der Waals surface area contributed by atoms with Gasteiger partial charge in [0.15, 0.2) is 0 Å². The monoisotopic (exact) mass is 277 g/mol. The number of hydrogen-bond donors (Lipinski definition) is 1. The number of aliphatic carboxylic acids is 1. The molecular weight excluding hydrogens is 261 g/mol. The summed E-state index contributed by atoms with van der Waals surface area (Å²) in [6.45, 7) is 2.22. The average Bonchev–Trinajstić information content (AvgIpc) is 2.82. The van der Waals surface area contributed by atoms with Crippen molar-refractivity contribution in [1.82, 2.24) is 4.90 Å². The predicted molar refractivity (Wildman–Crippen MR) is 72.4 cm³/mol. The molecular formula is C15H16FNO3. The van der Waals surface area contributed by atoms with Crippen LogP contribution in [0.4, 0.5) is 4.39 Å². The quantitative estimate of drug-likeness (QED) is 0.861. The lowest BCUT2D eigenvalue weighted by Crippen LogP contribution is -2.34. The van der Waals surface area contributed by atoms with Gasteiger partial charge in [0.2, 0.25) is 5.91 Å². The van der Waals surface area contributed by atoms with Crippen molar-refractivity contribution in [3.05, 3.63) is 41.7 Å². The van der Waals surface area contributed by atoms with Crippen molar-refractivity contribution in [2.24, 2.45) is 5.41 Å². The Morgan fingerprint density at radius 2 is 2.10 bits per heavy atom. The smallest absolute Gasteiger partial charge is 0.311 e. The SMILES string of the molecule is CC1(C(=O)O)CCN(C(=O)C=Cc2ccccc2F)C1. The van der Waals surface area contributed by atoms with Gasteiger partial charge in [-0.1, -0.05) is 18.2 Å². The Labute approximate surface area is 116 Å². The molecule has 5 heteroatoms. The fourth-order valence-corrected chi connectivity index (χ4v) is 2.20. The minimum absolute atomic E-state index is 0.183. The van der Waals surface area contributed by atoms with Gasteiger partial charge in [0.1, 0.15) is 5.82 Å². The van der Waals surface area contributed by atoms with E-state index in [1.54, 1.807) is 25.1 Å². The summed E-state index contributed by atoms with van der Waals surface area (Å²) < 4.78 is 13.4. The second-order valence-electron chi connectivity index (χ2n) is 5.23. The minimum Gasteiger partial charge on any atom is -0.481 e. The van der Waals surface area contributed by atoms with Crippen molar-refractivity contribution < 1.29 is 19.1 Å². The molecule has 2 rings (SSSR count). The molecule has 1 aromatic rings. The van der Waals surface area contributed by atoms with Crippen LogP contribution in [0.2, 0.25) is 0 Å². The third-order valence-electron chi connectivity index (χ3n) is 3.61. The highest BCUT2D eigenvalue weighted by Gasteiger charge is 2.41. The highest BCUT2D eigenvalue weighted by atomic mass is 19.1. The maximum absolute atomic E-state index is 13.4. The second kappa shape index (κ2) is 5.45. The van der Waals surface area contributed by atoms with E-state index in [9.17, 15) is 14.0 Å². The lowest BCUT2D eigenvalue weighted by atomic mass is 9.90. The number of rotatable bonds is 3. The summed E-state index contributed by atoms with van der Waals surface area (Å²) in [6.07, 6.45) is 3.13. The maximum atomic E-state index is 13.4. The molecule has 1 atom stereocenters. The minimum atomic E-state index is -0.897. The first kappa shape index (κ1) is 14.2. The summed E-state index contributed by atoms with van der Waals surface area (Å²) in [5, 5.41) is 9.11. The van der Waals surface area contributed by atoms with E-state index >= 15 is 0 Å². The van der Waals surface area contributed by atoms with E-state index in [0.717, 1.165) is 0 Å². The van der Waals surface area contributed by atoms with E-state index in [-0.39, 0.29) is 12.5 Å². The van der Waals surface area contributed by atoms with Crippen molar-refractivity contribution in [2.75, 3.05) is 13.1 Å². The number of carbonyl (C=O) groups is 2. The average molecular weight is 277 g/mol. The van der Waals surface area contributed by atoms with Crippen molar-refractivity contribution in [2.45, 2.75) is 13.3 Å². The Morgan fingerprint density at radius 3 is 2.70 bits per heavy atom. The molecule has 0 saturated carbocycles. The molecule has 0 aromatic heterocycles. The van der Waals surface area contributed by atoms with E-state index in [4.69, 9.17) is 5.11 Å². The molecule has 4 nitrogen and oxygen atoms in total. The maximum Gasteiger partial charge on any atom is 0.311 e. The van der Waals surface area contributed by atoms with E-state index in [2.05, 4.69) is 0 Å².